The highest BCUT2D eigenvalue weighted by Crippen LogP contribution is 2.44. The number of likely N-dealkylation sites (tertiary alicyclic amines) is 1. The topological polar surface area (TPSA) is 95.9 Å². The molecule has 2 N–H and O–H groups in total. The summed E-state index contributed by atoms with van der Waals surface area (Å²) in [5.74, 6) is -2.16. The molecule has 1 aliphatic carbocycles. The van der Waals surface area contributed by atoms with E-state index < -0.39 is 48.3 Å². The number of carboxylic acid groups (broad SMARTS) is 1. The van der Waals surface area contributed by atoms with E-state index in [4.69, 9.17) is 4.74 Å². The third-order valence-corrected chi connectivity index (χ3v) is 6.95. The highest BCUT2D eigenvalue weighted by Gasteiger charge is 2.47. The first-order chi connectivity index (χ1) is 16.6. The van der Waals surface area contributed by atoms with Gasteiger partial charge in [-0.3, -0.25) is 4.79 Å². The Hall–Kier alpha value is -3.49. The van der Waals surface area contributed by atoms with Crippen LogP contribution in [0.2, 0.25) is 0 Å². The Balaban J connectivity index is 1.40. The van der Waals surface area contributed by atoms with Gasteiger partial charge in [0.2, 0.25) is 5.91 Å². The number of alkyl halides is 2. The summed E-state index contributed by atoms with van der Waals surface area (Å²) >= 11 is 0. The first-order valence-electron chi connectivity index (χ1n) is 11.5. The third-order valence-electron chi connectivity index (χ3n) is 6.95. The zero-order valence-corrected chi connectivity index (χ0v) is 19.5. The maximum atomic E-state index is 13.7. The lowest BCUT2D eigenvalue weighted by Gasteiger charge is -2.30. The Bertz CT molecular complexity index is 1090. The molecule has 2 aromatic rings. The van der Waals surface area contributed by atoms with Crippen LogP contribution < -0.4 is 5.32 Å². The number of rotatable bonds is 7. The van der Waals surface area contributed by atoms with E-state index in [9.17, 15) is 28.3 Å². The van der Waals surface area contributed by atoms with Crippen molar-refractivity contribution in [2.45, 2.75) is 51.1 Å². The fourth-order valence-corrected chi connectivity index (χ4v) is 5.13. The van der Waals surface area contributed by atoms with Crippen molar-refractivity contribution < 1.29 is 33.0 Å². The predicted molar refractivity (Wildman–Crippen MR) is 124 cm³/mol. The summed E-state index contributed by atoms with van der Waals surface area (Å²) in [7, 11) is 0. The van der Waals surface area contributed by atoms with Crippen LogP contribution in [0.1, 0.15) is 43.7 Å². The second-order valence-corrected chi connectivity index (χ2v) is 9.68. The quantitative estimate of drug-likeness (QED) is 0.610. The number of fused-ring (bicyclic) bond motifs is 3. The van der Waals surface area contributed by atoms with Gasteiger partial charge < -0.3 is 20.1 Å². The molecule has 9 heteroatoms. The number of hydrogen-bond donors (Lipinski definition) is 2. The van der Waals surface area contributed by atoms with Gasteiger partial charge in [-0.1, -0.05) is 62.4 Å². The zero-order chi connectivity index (χ0) is 25.3. The molecule has 0 bridgehead atoms. The van der Waals surface area contributed by atoms with Gasteiger partial charge >= 0.3 is 12.1 Å². The Morgan fingerprint density at radius 3 is 2.20 bits per heavy atom. The zero-order valence-electron chi connectivity index (χ0n) is 19.5. The number of carboxylic acids is 1. The molecule has 1 heterocycles. The molecule has 2 aromatic carbocycles. The molecule has 1 fully saturated rings. The van der Waals surface area contributed by atoms with Crippen LogP contribution in [0.15, 0.2) is 48.5 Å². The van der Waals surface area contributed by atoms with Gasteiger partial charge in [0.05, 0.1) is 6.42 Å². The number of halogens is 2. The number of nitrogens with zero attached hydrogens (tertiary/aromatic N) is 1. The summed E-state index contributed by atoms with van der Waals surface area (Å²) in [6.07, 6.45) is -4.36. The molecule has 1 aliphatic heterocycles. The molecule has 2 atom stereocenters. The molecule has 2 unspecified atom stereocenters. The van der Waals surface area contributed by atoms with Crippen molar-refractivity contribution in [1.82, 2.24) is 10.2 Å². The van der Waals surface area contributed by atoms with Crippen molar-refractivity contribution in [3.05, 3.63) is 59.7 Å². The van der Waals surface area contributed by atoms with E-state index in [0.29, 0.717) is 6.42 Å². The van der Waals surface area contributed by atoms with Crippen LogP contribution in [-0.4, -0.2) is 59.6 Å². The number of ether oxygens (including phenoxy) is 1. The Kier molecular flexibility index (Phi) is 6.78. The van der Waals surface area contributed by atoms with E-state index in [-0.39, 0.29) is 19.1 Å². The number of amides is 2. The maximum absolute atomic E-state index is 13.7. The van der Waals surface area contributed by atoms with Crippen molar-refractivity contribution in [2.24, 2.45) is 5.41 Å². The van der Waals surface area contributed by atoms with Gasteiger partial charge in [0.1, 0.15) is 18.7 Å². The molecule has 4 rings (SSSR count). The third kappa shape index (κ3) is 4.85. The minimum absolute atomic E-state index is 0.0504. The summed E-state index contributed by atoms with van der Waals surface area (Å²) < 4.78 is 32.7. The van der Waals surface area contributed by atoms with Crippen LogP contribution in [0.3, 0.4) is 0 Å². The number of carbonyl (C=O) groups excluding carboxylic acids is 2. The van der Waals surface area contributed by atoms with E-state index in [0.717, 1.165) is 27.2 Å². The molecular weight excluding hydrogens is 458 g/mol. The summed E-state index contributed by atoms with van der Waals surface area (Å²) in [6, 6.07) is 12.6. The molecule has 0 spiro atoms. The number of carbonyl (C=O) groups is 3. The van der Waals surface area contributed by atoms with Gasteiger partial charge in [-0.2, -0.15) is 0 Å². The number of benzene rings is 2. The average Bonchev–Trinajstić information content (AvgIpc) is 3.31. The van der Waals surface area contributed by atoms with E-state index in [1.54, 1.807) is 13.8 Å². The molecule has 186 valence electrons. The monoisotopic (exact) mass is 486 g/mol. The molecule has 2 aliphatic rings. The van der Waals surface area contributed by atoms with Crippen LogP contribution in [0.4, 0.5) is 13.6 Å². The van der Waals surface area contributed by atoms with Crippen molar-refractivity contribution in [2.75, 3.05) is 13.2 Å². The second kappa shape index (κ2) is 9.64. The lowest BCUT2D eigenvalue weighted by molar-refractivity contribution is -0.151. The van der Waals surface area contributed by atoms with Crippen molar-refractivity contribution in [1.29, 1.82) is 0 Å². The van der Waals surface area contributed by atoms with E-state index in [2.05, 4.69) is 5.32 Å². The van der Waals surface area contributed by atoms with Crippen LogP contribution in [0.5, 0.6) is 0 Å². The van der Waals surface area contributed by atoms with Gasteiger partial charge in [-0.15, -0.1) is 0 Å². The first-order valence-corrected chi connectivity index (χ1v) is 11.5. The van der Waals surface area contributed by atoms with E-state index >= 15 is 0 Å². The Morgan fingerprint density at radius 2 is 1.66 bits per heavy atom. The van der Waals surface area contributed by atoms with Gasteiger partial charge in [0, 0.05) is 12.5 Å². The lowest BCUT2D eigenvalue weighted by Crippen LogP contribution is -2.49. The Labute approximate surface area is 202 Å². The summed E-state index contributed by atoms with van der Waals surface area (Å²) in [4.78, 5) is 37.9. The van der Waals surface area contributed by atoms with Gasteiger partial charge in [-0.05, 0) is 34.1 Å². The average molecular weight is 487 g/mol. The Morgan fingerprint density at radius 1 is 1.09 bits per heavy atom. The molecule has 0 saturated carbocycles. The highest BCUT2D eigenvalue weighted by atomic mass is 19.3. The normalized spacial score (nSPS) is 19.2. The van der Waals surface area contributed by atoms with Crippen LogP contribution >= 0.6 is 0 Å². The molecule has 35 heavy (non-hydrogen) atoms. The van der Waals surface area contributed by atoms with Crippen molar-refractivity contribution in [3.63, 3.8) is 0 Å². The number of alkyl carbamates (subject to hydrolysis) is 1. The highest BCUT2D eigenvalue weighted by molar-refractivity contribution is 5.86. The van der Waals surface area contributed by atoms with Crippen molar-refractivity contribution in [3.8, 4) is 11.1 Å². The maximum Gasteiger partial charge on any atom is 0.407 e. The minimum atomic E-state index is -3.03. The summed E-state index contributed by atoms with van der Waals surface area (Å²) in [6.45, 7) is 3.55. The smallest absolute Gasteiger partial charge is 0.407 e. The largest absolute Gasteiger partial charge is 0.480 e. The molecule has 2 amide bonds. The molecular formula is C26H28F2N2O5. The van der Waals surface area contributed by atoms with Gasteiger partial charge in [0.25, 0.3) is 6.43 Å². The SMILES string of the molecule is CC1(C)CCN(C(=O)CC(NC(=O)OCC2c3ccccc3-c3ccccc32)C(F)F)C1C(=O)O. The van der Waals surface area contributed by atoms with Gasteiger partial charge in [0.15, 0.2) is 0 Å². The van der Waals surface area contributed by atoms with Crippen LogP contribution in [0, 0.1) is 5.41 Å². The standard InChI is InChI=1S/C26H28F2N2O5/c1-26(2)11-12-30(22(26)24(32)33)21(31)13-20(23(27)28)29-25(34)35-14-19-17-9-5-3-7-15(17)16-8-4-6-10-18(16)19/h3-10,19-20,22-23H,11-14H2,1-2H3,(H,29,34)(H,32,33). The molecule has 1 saturated heterocycles. The fourth-order valence-electron chi connectivity index (χ4n) is 5.13. The van der Waals surface area contributed by atoms with Gasteiger partial charge in [-0.25, -0.2) is 18.4 Å². The molecule has 0 radical (unpaired) electrons. The number of nitrogens with one attached hydrogen (secondary N) is 1. The number of hydrogen-bond acceptors (Lipinski definition) is 4. The molecule has 7 nitrogen and oxygen atoms in total. The van der Waals surface area contributed by atoms with Crippen LogP contribution in [-0.2, 0) is 14.3 Å². The van der Waals surface area contributed by atoms with Crippen LogP contribution in [0.25, 0.3) is 11.1 Å². The number of aliphatic carboxylic acids is 1. The van der Waals surface area contributed by atoms with E-state index in [1.165, 1.54) is 0 Å². The second-order valence-electron chi connectivity index (χ2n) is 9.68. The molecule has 0 aromatic heterocycles. The van der Waals surface area contributed by atoms with E-state index in [1.807, 2.05) is 48.5 Å². The lowest BCUT2D eigenvalue weighted by atomic mass is 9.85. The summed E-state index contributed by atoms with van der Waals surface area (Å²) in [5.41, 5.74) is 3.36. The first kappa shape index (κ1) is 24.6. The summed E-state index contributed by atoms with van der Waals surface area (Å²) in [5, 5.41) is 11.6. The van der Waals surface area contributed by atoms with Crippen molar-refractivity contribution >= 4 is 18.0 Å². The predicted octanol–water partition coefficient (Wildman–Crippen LogP) is 4.26. The minimum Gasteiger partial charge on any atom is -0.480 e. The fraction of sp³-hybridized carbons (Fsp3) is 0.423.